The van der Waals surface area contributed by atoms with Crippen LogP contribution in [0.3, 0.4) is 0 Å². The highest BCUT2D eigenvalue weighted by atomic mass is 79.9. The highest BCUT2D eigenvalue weighted by Gasteiger charge is 2.12. The van der Waals surface area contributed by atoms with Crippen molar-refractivity contribution in [2.45, 2.75) is 19.8 Å². The van der Waals surface area contributed by atoms with E-state index < -0.39 is 5.24 Å². The first-order chi connectivity index (χ1) is 8.06. The molecule has 0 aliphatic rings. The van der Waals surface area contributed by atoms with Crippen molar-refractivity contribution in [2.24, 2.45) is 0 Å². The Morgan fingerprint density at radius 3 is 2.71 bits per heavy atom. The molecule has 0 aliphatic heterocycles. The predicted octanol–water partition coefficient (Wildman–Crippen LogP) is 3.32. The fourth-order valence-electron chi connectivity index (χ4n) is 1.39. The van der Waals surface area contributed by atoms with Gasteiger partial charge in [-0.3, -0.25) is 9.59 Å². The summed E-state index contributed by atoms with van der Waals surface area (Å²) in [7, 11) is 0. The fraction of sp³-hybridized carbons (Fsp3) is 0.333. The summed E-state index contributed by atoms with van der Waals surface area (Å²) in [4.78, 5) is 22.3. The highest BCUT2D eigenvalue weighted by Crippen LogP contribution is 2.24. The number of ether oxygens (including phenoxy) is 1. The molecule has 1 rings (SSSR count). The lowest BCUT2D eigenvalue weighted by Gasteiger charge is -2.07. The Morgan fingerprint density at radius 2 is 2.12 bits per heavy atom. The maximum Gasteiger partial charge on any atom is 0.306 e. The molecule has 3 nitrogen and oxygen atoms in total. The molecule has 0 fully saturated rings. The molecule has 0 N–H and O–H groups in total. The van der Waals surface area contributed by atoms with Gasteiger partial charge in [-0.1, -0.05) is 12.1 Å². The zero-order valence-corrected chi connectivity index (χ0v) is 11.7. The molecule has 0 aromatic heterocycles. The van der Waals surface area contributed by atoms with Gasteiger partial charge in [-0.2, -0.15) is 0 Å². The van der Waals surface area contributed by atoms with Crippen molar-refractivity contribution >= 4 is 38.7 Å². The number of hydrogen-bond donors (Lipinski definition) is 0. The molecule has 0 radical (unpaired) electrons. The van der Waals surface area contributed by atoms with Gasteiger partial charge < -0.3 is 4.74 Å². The van der Waals surface area contributed by atoms with Crippen LogP contribution in [0.4, 0.5) is 0 Å². The molecule has 0 amide bonds. The first kappa shape index (κ1) is 14.2. The van der Waals surface area contributed by atoms with Crippen LogP contribution in [0.5, 0.6) is 0 Å². The van der Waals surface area contributed by atoms with Crippen molar-refractivity contribution in [1.82, 2.24) is 0 Å². The number of aryl methyl sites for hydroxylation is 1. The molecule has 0 heterocycles. The number of carbonyl (C=O) groups excluding carboxylic acids is 2. The summed E-state index contributed by atoms with van der Waals surface area (Å²) >= 11 is 8.75. The Balaban J connectivity index is 2.75. The standard InChI is InChI=1S/C12H12BrClO3/c1-2-17-10(15)7-6-8-4-3-5-9(11(8)13)12(14)16/h3-5H,2,6-7H2,1H3. The Hall–Kier alpha value is -0.870. The minimum Gasteiger partial charge on any atom is -0.466 e. The van der Waals surface area contributed by atoms with E-state index in [9.17, 15) is 9.59 Å². The monoisotopic (exact) mass is 318 g/mol. The second-order valence-electron chi connectivity index (χ2n) is 3.36. The Labute approximate surface area is 113 Å². The smallest absolute Gasteiger partial charge is 0.306 e. The lowest BCUT2D eigenvalue weighted by atomic mass is 10.1. The summed E-state index contributed by atoms with van der Waals surface area (Å²) in [5.41, 5.74) is 1.28. The van der Waals surface area contributed by atoms with Crippen LogP contribution in [0, 0.1) is 0 Å². The second kappa shape index (κ2) is 6.77. The summed E-state index contributed by atoms with van der Waals surface area (Å²) in [5.74, 6) is -0.248. The number of hydrogen-bond acceptors (Lipinski definition) is 3. The lowest BCUT2D eigenvalue weighted by Crippen LogP contribution is -2.06. The van der Waals surface area contributed by atoms with Gasteiger partial charge in [-0.05, 0) is 52.5 Å². The zero-order chi connectivity index (χ0) is 12.8. The van der Waals surface area contributed by atoms with Gasteiger partial charge >= 0.3 is 5.97 Å². The molecule has 0 atom stereocenters. The summed E-state index contributed by atoms with van der Waals surface area (Å²) in [6.07, 6.45) is 0.795. The minimum atomic E-state index is -0.519. The zero-order valence-electron chi connectivity index (χ0n) is 9.33. The molecule has 1 aromatic rings. The van der Waals surface area contributed by atoms with Crippen molar-refractivity contribution in [3.63, 3.8) is 0 Å². The fourth-order valence-corrected chi connectivity index (χ4v) is 2.31. The second-order valence-corrected chi connectivity index (χ2v) is 4.49. The number of rotatable bonds is 5. The van der Waals surface area contributed by atoms with E-state index in [2.05, 4.69) is 15.9 Å². The van der Waals surface area contributed by atoms with Crippen LogP contribution >= 0.6 is 27.5 Å². The summed E-state index contributed by atoms with van der Waals surface area (Å²) < 4.78 is 5.48. The van der Waals surface area contributed by atoms with Crippen molar-refractivity contribution in [3.8, 4) is 0 Å². The number of carbonyl (C=O) groups is 2. The molecule has 0 bridgehead atoms. The molecule has 17 heavy (non-hydrogen) atoms. The molecule has 5 heteroatoms. The van der Waals surface area contributed by atoms with E-state index in [0.717, 1.165) is 5.56 Å². The van der Waals surface area contributed by atoms with Gasteiger partial charge in [0.05, 0.1) is 6.61 Å². The third-order valence-corrected chi connectivity index (χ3v) is 3.33. The van der Waals surface area contributed by atoms with E-state index in [4.69, 9.17) is 16.3 Å². The summed E-state index contributed by atoms with van der Waals surface area (Å²) in [6, 6.07) is 5.21. The predicted molar refractivity (Wildman–Crippen MR) is 69.3 cm³/mol. The largest absolute Gasteiger partial charge is 0.466 e. The quantitative estimate of drug-likeness (QED) is 0.617. The maximum atomic E-state index is 11.2. The normalized spacial score (nSPS) is 10.1. The van der Waals surface area contributed by atoms with Gasteiger partial charge in [0, 0.05) is 16.5 Å². The van der Waals surface area contributed by atoms with E-state index in [1.165, 1.54) is 0 Å². The van der Waals surface area contributed by atoms with Crippen LogP contribution in [-0.4, -0.2) is 17.8 Å². The molecular formula is C12H12BrClO3. The van der Waals surface area contributed by atoms with Crippen LogP contribution in [0.25, 0.3) is 0 Å². The van der Waals surface area contributed by atoms with Crippen molar-refractivity contribution < 1.29 is 14.3 Å². The third kappa shape index (κ3) is 4.13. The van der Waals surface area contributed by atoms with Crippen LogP contribution in [0.15, 0.2) is 22.7 Å². The van der Waals surface area contributed by atoms with Gasteiger partial charge in [-0.25, -0.2) is 0 Å². The van der Waals surface area contributed by atoms with Gasteiger partial charge in [0.2, 0.25) is 0 Å². The molecule has 0 spiro atoms. The average Bonchev–Trinajstić information content (AvgIpc) is 2.27. The van der Waals surface area contributed by atoms with Gasteiger partial charge in [-0.15, -0.1) is 0 Å². The summed E-state index contributed by atoms with van der Waals surface area (Å²) in [6.45, 7) is 2.14. The van der Waals surface area contributed by atoms with Gasteiger partial charge in [0.15, 0.2) is 0 Å². The SMILES string of the molecule is CCOC(=O)CCc1cccc(C(=O)Cl)c1Br. The first-order valence-electron chi connectivity index (χ1n) is 5.19. The average molecular weight is 320 g/mol. The Kier molecular flexibility index (Phi) is 5.65. The molecule has 0 saturated carbocycles. The van der Waals surface area contributed by atoms with Crippen LogP contribution in [0.2, 0.25) is 0 Å². The van der Waals surface area contributed by atoms with Crippen LogP contribution < -0.4 is 0 Å². The summed E-state index contributed by atoms with van der Waals surface area (Å²) in [5, 5.41) is -0.519. The molecule has 92 valence electrons. The third-order valence-electron chi connectivity index (χ3n) is 2.19. The van der Waals surface area contributed by atoms with E-state index >= 15 is 0 Å². The van der Waals surface area contributed by atoms with Gasteiger partial charge in [0.1, 0.15) is 0 Å². The van der Waals surface area contributed by atoms with Crippen LogP contribution in [-0.2, 0) is 16.0 Å². The van der Waals surface area contributed by atoms with E-state index in [1.54, 1.807) is 19.1 Å². The Morgan fingerprint density at radius 1 is 1.41 bits per heavy atom. The van der Waals surface area contributed by atoms with E-state index in [1.807, 2.05) is 6.07 Å². The highest BCUT2D eigenvalue weighted by molar-refractivity contribution is 9.10. The number of esters is 1. The minimum absolute atomic E-state index is 0.248. The first-order valence-corrected chi connectivity index (χ1v) is 6.36. The number of benzene rings is 1. The maximum absolute atomic E-state index is 11.2. The van der Waals surface area contributed by atoms with Crippen molar-refractivity contribution in [2.75, 3.05) is 6.61 Å². The van der Waals surface area contributed by atoms with Crippen LogP contribution in [0.1, 0.15) is 29.3 Å². The number of halogens is 2. The molecule has 0 unspecified atom stereocenters. The van der Waals surface area contributed by atoms with Crippen molar-refractivity contribution in [3.05, 3.63) is 33.8 Å². The topological polar surface area (TPSA) is 43.4 Å². The lowest BCUT2D eigenvalue weighted by molar-refractivity contribution is -0.143. The van der Waals surface area contributed by atoms with Gasteiger partial charge in [0.25, 0.3) is 5.24 Å². The van der Waals surface area contributed by atoms with Crippen molar-refractivity contribution in [1.29, 1.82) is 0 Å². The van der Waals surface area contributed by atoms with E-state index in [0.29, 0.717) is 23.1 Å². The Bertz CT molecular complexity index is 432. The molecule has 0 aliphatic carbocycles. The molecular weight excluding hydrogens is 307 g/mol. The van der Waals surface area contributed by atoms with E-state index in [-0.39, 0.29) is 12.4 Å². The molecule has 0 saturated heterocycles. The molecule has 1 aromatic carbocycles.